The summed E-state index contributed by atoms with van der Waals surface area (Å²) in [4.78, 5) is 2.40. The molecule has 2 bridgehead atoms. The molecule has 12 heavy (non-hydrogen) atoms. The smallest absolute Gasteiger partial charge is 0.0671 e. The van der Waals surface area contributed by atoms with Crippen LogP contribution in [0, 0.1) is 23.7 Å². The molecular formula is C10H15NO. The van der Waals surface area contributed by atoms with Crippen molar-refractivity contribution in [3.63, 3.8) is 0 Å². The van der Waals surface area contributed by atoms with Gasteiger partial charge in [-0.2, -0.15) is 0 Å². The molecule has 1 unspecified atom stereocenters. The number of fused-ring (bicyclic) bond motifs is 5. The van der Waals surface area contributed by atoms with Gasteiger partial charge in [0.2, 0.25) is 0 Å². The Balaban J connectivity index is 1.93. The Bertz CT molecular complexity index is 216. The molecule has 5 atom stereocenters. The fourth-order valence-corrected chi connectivity index (χ4v) is 3.41. The molecule has 0 aromatic rings. The van der Waals surface area contributed by atoms with Gasteiger partial charge in [0, 0.05) is 24.9 Å². The molecule has 1 saturated heterocycles. The molecule has 1 saturated carbocycles. The molecule has 2 heteroatoms. The van der Waals surface area contributed by atoms with Crippen LogP contribution in [0.5, 0.6) is 0 Å². The van der Waals surface area contributed by atoms with Gasteiger partial charge in [0.05, 0.1) is 6.10 Å². The van der Waals surface area contributed by atoms with Gasteiger partial charge in [0.15, 0.2) is 0 Å². The topological polar surface area (TPSA) is 23.5 Å². The molecule has 2 aliphatic carbocycles. The first kappa shape index (κ1) is 7.10. The zero-order valence-electron chi connectivity index (χ0n) is 7.35. The van der Waals surface area contributed by atoms with Crippen molar-refractivity contribution in [2.75, 3.05) is 20.1 Å². The second kappa shape index (κ2) is 2.12. The second-order valence-corrected chi connectivity index (χ2v) is 4.58. The minimum Gasteiger partial charge on any atom is -0.392 e. The van der Waals surface area contributed by atoms with Crippen LogP contribution in [-0.2, 0) is 0 Å². The van der Waals surface area contributed by atoms with E-state index in [1.165, 1.54) is 13.1 Å². The minimum atomic E-state index is -0.0475. The van der Waals surface area contributed by atoms with Gasteiger partial charge >= 0.3 is 0 Å². The molecule has 2 fully saturated rings. The van der Waals surface area contributed by atoms with Crippen LogP contribution in [-0.4, -0.2) is 36.2 Å². The van der Waals surface area contributed by atoms with Gasteiger partial charge in [-0.05, 0) is 18.9 Å². The van der Waals surface area contributed by atoms with Crippen LogP contribution in [0.3, 0.4) is 0 Å². The summed E-state index contributed by atoms with van der Waals surface area (Å²) in [7, 11) is 2.18. The molecule has 0 aromatic heterocycles. The molecule has 66 valence electrons. The van der Waals surface area contributed by atoms with Crippen LogP contribution in [0.25, 0.3) is 0 Å². The van der Waals surface area contributed by atoms with Crippen molar-refractivity contribution in [3.8, 4) is 0 Å². The van der Waals surface area contributed by atoms with E-state index in [4.69, 9.17) is 0 Å². The van der Waals surface area contributed by atoms with Crippen molar-refractivity contribution < 1.29 is 5.11 Å². The van der Waals surface area contributed by atoms with E-state index in [1.54, 1.807) is 0 Å². The van der Waals surface area contributed by atoms with E-state index in [1.807, 2.05) is 0 Å². The molecule has 1 heterocycles. The highest BCUT2D eigenvalue weighted by molar-refractivity contribution is 5.20. The van der Waals surface area contributed by atoms with Crippen LogP contribution < -0.4 is 0 Å². The van der Waals surface area contributed by atoms with Gasteiger partial charge in [-0.1, -0.05) is 12.2 Å². The third-order valence-corrected chi connectivity index (χ3v) is 3.93. The second-order valence-electron chi connectivity index (χ2n) is 4.58. The average molecular weight is 165 g/mol. The standard InChI is InChI=1S/C10H15NO/c1-11-4-8-6-2-3-7(10(6)12)9(8)5-11/h2-3,6-10,12H,4-5H2,1H3/t6-,7+,8+,9-,10?. The zero-order valence-corrected chi connectivity index (χ0v) is 7.35. The Morgan fingerprint density at radius 2 is 1.67 bits per heavy atom. The predicted octanol–water partition coefficient (Wildman–Crippen LogP) is 0.341. The quantitative estimate of drug-likeness (QED) is 0.523. The third kappa shape index (κ3) is 0.679. The lowest BCUT2D eigenvalue weighted by molar-refractivity contribution is 0.117. The van der Waals surface area contributed by atoms with Crippen molar-refractivity contribution in [2.45, 2.75) is 6.10 Å². The lowest BCUT2D eigenvalue weighted by Gasteiger charge is -2.17. The summed E-state index contributed by atoms with van der Waals surface area (Å²) < 4.78 is 0. The molecule has 0 spiro atoms. The number of rotatable bonds is 0. The summed E-state index contributed by atoms with van der Waals surface area (Å²) in [6, 6.07) is 0. The summed E-state index contributed by atoms with van der Waals surface area (Å²) in [5.74, 6) is 2.45. The fraction of sp³-hybridized carbons (Fsp3) is 0.800. The lowest BCUT2D eigenvalue weighted by Crippen LogP contribution is -2.24. The van der Waals surface area contributed by atoms with Gasteiger partial charge < -0.3 is 10.0 Å². The summed E-state index contributed by atoms with van der Waals surface area (Å²) in [5, 5.41) is 9.84. The highest BCUT2D eigenvalue weighted by atomic mass is 16.3. The van der Waals surface area contributed by atoms with Crippen molar-refractivity contribution in [1.82, 2.24) is 4.90 Å². The Kier molecular flexibility index (Phi) is 1.25. The van der Waals surface area contributed by atoms with Crippen LogP contribution >= 0.6 is 0 Å². The monoisotopic (exact) mass is 165 g/mol. The number of hydrogen-bond acceptors (Lipinski definition) is 2. The maximum atomic E-state index is 9.84. The van der Waals surface area contributed by atoms with Crippen molar-refractivity contribution >= 4 is 0 Å². The Hall–Kier alpha value is -0.340. The highest BCUT2D eigenvalue weighted by Crippen LogP contribution is 2.50. The first-order valence-electron chi connectivity index (χ1n) is 4.82. The van der Waals surface area contributed by atoms with Crippen LogP contribution in [0.4, 0.5) is 0 Å². The van der Waals surface area contributed by atoms with Gasteiger partial charge in [-0.3, -0.25) is 0 Å². The first-order valence-corrected chi connectivity index (χ1v) is 4.82. The lowest BCUT2D eigenvalue weighted by atomic mass is 9.86. The Morgan fingerprint density at radius 3 is 2.17 bits per heavy atom. The molecule has 0 aromatic carbocycles. The zero-order chi connectivity index (χ0) is 8.29. The summed E-state index contributed by atoms with van der Waals surface area (Å²) in [6.45, 7) is 2.38. The molecule has 0 radical (unpaired) electrons. The number of likely N-dealkylation sites (tertiary alicyclic amines) is 1. The summed E-state index contributed by atoms with van der Waals surface area (Å²) in [6.07, 6.45) is 4.42. The van der Waals surface area contributed by atoms with Crippen molar-refractivity contribution in [1.29, 1.82) is 0 Å². The number of aliphatic hydroxyl groups is 1. The molecule has 1 aliphatic heterocycles. The van der Waals surface area contributed by atoms with Crippen LogP contribution in [0.15, 0.2) is 12.2 Å². The molecule has 2 nitrogen and oxygen atoms in total. The minimum absolute atomic E-state index is 0.0475. The average Bonchev–Trinajstić information content (AvgIpc) is 2.60. The summed E-state index contributed by atoms with van der Waals surface area (Å²) >= 11 is 0. The Morgan fingerprint density at radius 1 is 1.17 bits per heavy atom. The van der Waals surface area contributed by atoms with Gasteiger partial charge in [0.1, 0.15) is 0 Å². The van der Waals surface area contributed by atoms with Gasteiger partial charge in [0.25, 0.3) is 0 Å². The number of nitrogens with zero attached hydrogens (tertiary/aromatic N) is 1. The molecule has 3 rings (SSSR count). The summed E-state index contributed by atoms with van der Waals surface area (Å²) in [5.41, 5.74) is 0. The van der Waals surface area contributed by atoms with E-state index in [0.717, 1.165) is 11.8 Å². The maximum Gasteiger partial charge on any atom is 0.0671 e. The molecule has 3 aliphatic rings. The highest BCUT2D eigenvalue weighted by Gasteiger charge is 2.53. The van der Waals surface area contributed by atoms with Crippen LogP contribution in [0.1, 0.15) is 0 Å². The van der Waals surface area contributed by atoms with Gasteiger partial charge in [-0.25, -0.2) is 0 Å². The van der Waals surface area contributed by atoms with E-state index in [0.29, 0.717) is 11.8 Å². The SMILES string of the molecule is CN1C[C@@H]2[C@H](C1)[C@@H]1C=C[C@H]2C1O. The van der Waals surface area contributed by atoms with Crippen LogP contribution in [0.2, 0.25) is 0 Å². The Labute approximate surface area is 72.9 Å². The van der Waals surface area contributed by atoms with Crippen molar-refractivity contribution in [2.24, 2.45) is 23.7 Å². The first-order chi connectivity index (χ1) is 5.77. The molecular weight excluding hydrogens is 150 g/mol. The molecule has 1 N–H and O–H groups in total. The third-order valence-electron chi connectivity index (χ3n) is 3.93. The normalized spacial score (nSPS) is 56.7. The van der Waals surface area contributed by atoms with E-state index >= 15 is 0 Å². The van der Waals surface area contributed by atoms with Crippen molar-refractivity contribution in [3.05, 3.63) is 12.2 Å². The number of hydrogen-bond donors (Lipinski definition) is 1. The van der Waals surface area contributed by atoms with E-state index in [2.05, 4.69) is 24.1 Å². The number of aliphatic hydroxyl groups excluding tert-OH is 1. The van der Waals surface area contributed by atoms with E-state index in [9.17, 15) is 5.11 Å². The largest absolute Gasteiger partial charge is 0.392 e. The molecule has 0 amide bonds. The van der Waals surface area contributed by atoms with E-state index in [-0.39, 0.29) is 6.10 Å². The van der Waals surface area contributed by atoms with Gasteiger partial charge in [-0.15, -0.1) is 0 Å². The van der Waals surface area contributed by atoms with E-state index < -0.39 is 0 Å². The predicted molar refractivity (Wildman–Crippen MR) is 46.6 cm³/mol. The fourth-order valence-electron chi connectivity index (χ4n) is 3.41. The maximum absolute atomic E-state index is 9.84.